The first-order valence-corrected chi connectivity index (χ1v) is 5.83. The second-order valence-corrected chi connectivity index (χ2v) is 3.97. The van der Waals surface area contributed by atoms with Gasteiger partial charge >= 0.3 is 0 Å². The van der Waals surface area contributed by atoms with Crippen LogP contribution in [0.5, 0.6) is 0 Å². The van der Waals surface area contributed by atoms with Gasteiger partial charge in [-0.1, -0.05) is 6.07 Å². The SMILES string of the molecule is CCOCCN(C)c1cccc(F)c1[C@@H](C)O. The molecule has 17 heavy (non-hydrogen) atoms. The minimum absolute atomic E-state index is 0.339. The molecule has 0 aliphatic rings. The van der Waals surface area contributed by atoms with Crippen molar-refractivity contribution in [2.75, 3.05) is 31.7 Å². The fraction of sp³-hybridized carbons (Fsp3) is 0.538. The summed E-state index contributed by atoms with van der Waals surface area (Å²) < 4.78 is 18.9. The van der Waals surface area contributed by atoms with Gasteiger partial charge < -0.3 is 14.7 Å². The van der Waals surface area contributed by atoms with Crippen LogP contribution in [-0.2, 0) is 4.74 Å². The minimum atomic E-state index is -0.819. The van der Waals surface area contributed by atoms with Crippen LogP contribution in [-0.4, -0.2) is 31.9 Å². The summed E-state index contributed by atoms with van der Waals surface area (Å²) in [7, 11) is 1.86. The maximum Gasteiger partial charge on any atom is 0.131 e. The molecule has 0 unspecified atom stereocenters. The number of aliphatic hydroxyl groups is 1. The molecule has 0 spiro atoms. The summed E-state index contributed by atoms with van der Waals surface area (Å²) in [5.41, 5.74) is 1.05. The van der Waals surface area contributed by atoms with Gasteiger partial charge in [0.2, 0.25) is 0 Å². The van der Waals surface area contributed by atoms with Gasteiger partial charge in [-0.25, -0.2) is 4.39 Å². The molecule has 4 heteroatoms. The normalized spacial score (nSPS) is 12.5. The van der Waals surface area contributed by atoms with Crippen molar-refractivity contribution in [3.05, 3.63) is 29.6 Å². The fourth-order valence-electron chi connectivity index (χ4n) is 1.74. The van der Waals surface area contributed by atoms with Crippen LogP contribution < -0.4 is 4.90 Å². The summed E-state index contributed by atoms with van der Waals surface area (Å²) in [4.78, 5) is 1.89. The maximum absolute atomic E-state index is 13.6. The van der Waals surface area contributed by atoms with Gasteiger partial charge in [0.1, 0.15) is 5.82 Å². The number of hydrogen-bond donors (Lipinski definition) is 1. The number of anilines is 1. The molecule has 0 amide bonds. The van der Waals surface area contributed by atoms with Gasteiger partial charge in [-0.3, -0.25) is 0 Å². The predicted octanol–water partition coefficient (Wildman–Crippen LogP) is 2.35. The van der Waals surface area contributed by atoms with Crippen molar-refractivity contribution in [3.8, 4) is 0 Å². The zero-order valence-corrected chi connectivity index (χ0v) is 10.6. The van der Waals surface area contributed by atoms with E-state index < -0.39 is 6.10 Å². The Hall–Kier alpha value is -1.13. The molecule has 1 rings (SSSR count). The quantitative estimate of drug-likeness (QED) is 0.776. The average molecular weight is 241 g/mol. The van der Waals surface area contributed by atoms with Crippen molar-refractivity contribution in [1.82, 2.24) is 0 Å². The second kappa shape index (κ2) is 6.57. The Morgan fingerprint density at radius 3 is 2.76 bits per heavy atom. The van der Waals surface area contributed by atoms with E-state index in [1.807, 2.05) is 18.9 Å². The Kier molecular flexibility index (Phi) is 5.38. The van der Waals surface area contributed by atoms with E-state index >= 15 is 0 Å². The molecule has 0 radical (unpaired) electrons. The topological polar surface area (TPSA) is 32.7 Å². The highest BCUT2D eigenvalue weighted by Gasteiger charge is 2.15. The van der Waals surface area contributed by atoms with Crippen LogP contribution in [0.15, 0.2) is 18.2 Å². The third-order valence-corrected chi connectivity index (χ3v) is 2.63. The molecular formula is C13H20FNO2. The van der Waals surface area contributed by atoms with E-state index in [2.05, 4.69) is 0 Å². The molecule has 1 aromatic rings. The number of benzene rings is 1. The summed E-state index contributed by atoms with van der Waals surface area (Å²) in [5.74, 6) is -0.374. The van der Waals surface area contributed by atoms with Crippen LogP contribution in [0, 0.1) is 5.82 Å². The van der Waals surface area contributed by atoms with Crippen molar-refractivity contribution in [2.45, 2.75) is 20.0 Å². The molecule has 96 valence electrons. The van der Waals surface area contributed by atoms with E-state index in [1.165, 1.54) is 6.07 Å². The highest BCUT2D eigenvalue weighted by Crippen LogP contribution is 2.27. The van der Waals surface area contributed by atoms with Crippen molar-refractivity contribution in [1.29, 1.82) is 0 Å². The van der Waals surface area contributed by atoms with Crippen molar-refractivity contribution >= 4 is 5.69 Å². The van der Waals surface area contributed by atoms with Gasteiger partial charge in [0, 0.05) is 31.5 Å². The molecule has 1 atom stereocenters. The molecule has 0 aromatic heterocycles. The number of rotatable bonds is 6. The van der Waals surface area contributed by atoms with E-state index in [0.717, 1.165) is 0 Å². The van der Waals surface area contributed by atoms with Crippen molar-refractivity contribution in [3.63, 3.8) is 0 Å². The zero-order valence-electron chi connectivity index (χ0n) is 10.6. The number of ether oxygens (including phenoxy) is 1. The van der Waals surface area contributed by atoms with E-state index in [4.69, 9.17) is 4.74 Å². The molecule has 1 aromatic carbocycles. The lowest BCUT2D eigenvalue weighted by molar-refractivity contribution is 0.154. The Labute approximate surface area is 102 Å². The molecule has 0 aliphatic carbocycles. The van der Waals surface area contributed by atoms with E-state index in [9.17, 15) is 9.50 Å². The monoisotopic (exact) mass is 241 g/mol. The number of aliphatic hydroxyl groups excluding tert-OH is 1. The van der Waals surface area contributed by atoms with Crippen LogP contribution in [0.3, 0.4) is 0 Å². The molecule has 1 N–H and O–H groups in total. The number of nitrogens with zero attached hydrogens (tertiary/aromatic N) is 1. The Morgan fingerprint density at radius 2 is 2.18 bits per heavy atom. The predicted molar refractivity (Wildman–Crippen MR) is 66.8 cm³/mol. The molecule has 0 bridgehead atoms. The fourth-order valence-corrected chi connectivity index (χ4v) is 1.74. The third kappa shape index (κ3) is 3.68. The lowest BCUT2D eigenvalue weighted by Gasteiger charge is -2.23. The van der Waals surface area contributed by atoms with Gasteiger partial charge in [0.25, 0.3) is 0 Å². The first-order valence-electron chi connectivity index (χ1n) is 5.83. The van der Waals surface area contributed by atoms with Gasteiger partial charge in [-0.15, -0.1) is 0 Å². The van der Waals surface area contributed by atoms with Crippen LogP contribution >= 0.6 is 0 Å². The maximum atomic E-state index is 13.6. The van der Waals surface area contributed by atoms with Crippen molar-refractivity contribution in [2.24, 2.45) is 0 Å². The molecule has 0 fully saturated rings. The number of halogens is 1. The van der Waals surface area contributed by atoms with Gasteiger partial charge in [-0.05, 0) is 26.0 Å². The average Bonchev–Trinajstić information content (AvgIpc) is 2.28. The minimum Gasteiger partial charge on any atom is -0.389 e. The number of likely N-dealkylation sites (N-methyl/N-ethyl adjacent to an activating group) is 1. The molecule has 3 nitrogen and oxygen atoms in total. The Bertz CT molecular complexity index is 355. The van der Waals surface area contributed by atoms with E-state index in [1.54, 1.807) is 19.1 Å². The molecule has 0 aliphatic heterocycles. The first kappa shape index (κ1) is 13.9. The van der Waals surface area contributed by atoms with E-state index in [0.29, 0.717) is 31.0 Å². The summed E-state index contributed by atoms with van der Waals surface area (Å²) in [6.07, 6.45) is -0.819. The zero-order chi connectivity index (χ0) is 12.8. The molecule has 0 saturated heterocycles. The standard InChI is InChI=1S/C13H20FNO2/c1-4-17-9-8-15(3)12-7-5-6-11(14)13(12)10(2)16/h5-7,10,16H,4,8-9H2,1-3H3/t10-/m1/s1. The van der Waals surface area contributed by atoms with E-state index in [-0.39, 0.29) is 5.82 Å². The van der Waals surface area contributed by atoms with Gasteiger partial charge in [-0.2, -0.15) is 0 Å². The third-order valence-electron chi connectivity index (χ3n) is 2.63. The lowest BCUT2D eigenvalue weighted by atomic mass is 10.1. The summed E-state index contributed by atoms with van der Waals surface area (Å²) in [5, 5.41) is 9.61. The Balaban J connectivity index is 2.85. The summed E-state index contributed by atoms with van der Waals surface area (Å²) in [6.45, 7) is 5.42. The largest absolute Gasteiger partial charge is 0.389 e. The van der Waals surface area contributed by atoms with Gasteiger partial charge in [0.05, 0.1) is 12.7 Å². The van der Waals surface area contributed by atoms with Gasteiger partial charge in [0.15, 0.2) is 0 Å². The highest BCUT2D eigenvalue weighted by atomic mass is 19.1. The molecule has 0 heterocycles. The molecule has 0 saturated carbocycles. The summed E-state index contributed by atoms with van der Waals surface area (Å²) in [6, 6.07) is 4.81. The van der Waals surface area contributed by atoms with Crippen LogP contribution in [0.25, 0.3) is 0 Å². The highest BCUT2D eigenvalue weighted by molar-refractivity contribution is 5.54. The smallest absolute Gasteiger partial charge is 0.131 e. The van der Waals surface area contributed by atoms with Crippen molar-refractivity contribution < 1.29 is 14.2 Å². The first-order chi connectivity index (χ1) is 8.07. The lowest BCUT2D eigenvalue weighted by Crippen LogP contribution is -2.24. The Morgan fingerprint density at radius 1 is 1.47 bits per heavy atom. The van der Waals surface area contributed by atoms with Crippen LogP contribution in [0.1, 0.15) is 25.5 Å². The molecular weight excluding hydrogens is 221 g/mol. The van der Waals surface area contributed by atoms with Crippen LogP contribution in [0.2, 0.25) is 0 Å². The number of hydrogen-bond acceptors (Lipinski definition) is 3. The summed E-state index contributed by atoms with van der Waals surface area (Å²) >= 11 is 0. The van der Waals surface area contributed by atoms with Crippen LogP contribution in [0.4, 0.5) is 10.1 Å². The second-order valence-electron chi connectivity index (χ2n) is 3.97.